The summed E-state index contributed by atoms with van der Waals surface area (Å²) in [5, 5.41) is 0. The zero-order chi connectivity index (χ0) is 10.6. The van der Waals surface area contributed by atoms with Crippen LogP contribution in [0.4, 0.5) is 0 Å². The molecule has 5 heteroatoms. The third-order valence-corrected chi connectivity index (χ3v) is 3.15. The Morgan fingerprint density at radius 1 is 1.07 bits per heavy atom. The van der Waals surface area contributed by atoms with Crippen LogP contribution in [0.1, 0.15) is 0 Å². The monoisotopic (exact) mass is 226 g/mol. The molecule has 0 aliphatic carbocycles. The van der Waals surface area contributed by atoms with Crippen LogP contribution in [0.15, 0.2) is 42.5 Å². The Bertz CT molecular complexity index is 374. The first kappa shape index (κ1) is 10.4. The number of hydrogen-bond donors (Lipinski definition) is 0. The lowest BCUT2D eigenvalue weighted by molar-refractivity contribution is 0.188. The van der Waals surface area contributed by atoms with E-state index in [0.717, 1.165) is 0 Å². The summed E-state index contributed by atoms with van der Waals surface area (Å²) >= 11 is 0. The van der Waals surface area contributed by atoms with Gasteiger partial charge in [-0.15, -0.1) is 0 Å². The van der Waals surface area contributed by atoms with Crippen LogP contribution >= 0.6 is 7.82 Å². The summed E-state index contributed by atoms with van der Waals surface area (Å²) < 4.78 is 27.1. The zero-order valence-corrected chi connectivity index (χ0v) is 8.93. The second-order valence-corrected chi connectivity index (χ2v) is 4.51. The van der Waals surface area contributed by atoms with Gasteiger partial charge in [-0.05, 0) is 12.1 Å². The topological polar surface area (TPSA) is 44.8 Å². The van der Waals surface area contributed by atoms with E-state index >= 15 is 0 Å². The lowest BCUT2D eigenvalue weighted by Gasteiger charge is -2.15. The van der Waals surface area contributed by atoms with Crippen LogP contribution < -0.4 is 4.52 Å². The standard InChI is InChI=1S/C10H11O4P/c11-15(12-8-4-5-9-13-15)14-10-6-2-1-3-7-10/h1-7H,8-9H2. The lowest BCUT2D eigenvalue weighted by atomic mass is 10.3. The van der Waals surface area contributed by atoms with E-state index in [9.17, 15) is 4.57 Å². The van der Waals surface area contributed by atoms with E-state index in [0.29, 0.717) is 5.75 Å². The van der Waals surface area contributed by atoms with E-state index in [4.69, 9.17) is 13.6 Å². The summed E-state index contributed by atoms with van der Waals surface area (Å²) in [4.78, 5) is 0. The molecule has 1 aromatic rings. The molecule has 0 saturated heterocycles. The third kappa shape index (κ3) is 2.93. The molecule has 0 fully saturated rings. The Balaban J connectivity index is 2.07. The third-order valence-electron chi connectivity index (χ3n) is 1.78. The maximum Gasteiger partial charge on any atom is 0.530 e. The second kappa shape index (κ2) is 4.62. The molecule has 1 heterocycles. The van der Waals surface area contributed by atoms with Crippen LogP contribution in [0.3, 0.4) is 0 Å². The van der Waals surface area contributed by atoms with Gasteiger partial charge in [-0.25, -0.2) is 4.57 Å². The average Bonchev–Trinajstić information content (AvgIpc) is 2.45. The number of rotatable bonds is 2. The van der Waals surface area contributed by atoms with Gasteiger partial charge in [0.25, 0.3) is 0 Å². The summed E-state index contributed by atoms with van der Waals surface area (Å²) in [7, 11) is -3.44. The Labute approximate surface area is 88.1 Å². The first-order valence-corrected chi connectivity index (χ1v) is 6.03. The Kier molecular flexibility index (Phi) is 3.21. The fraction of sp³-hybridized carbons (Fsp3) is 0.200. The SMILES string of the molecule is O=P1(Oc2ccccc2)OCC=CCO1. The Morgan fingerprint density at radius 2 is 1.67 bits per heavy atom. The molecule has 0 aromatic heterocycles. The van der Waals surface area contributed by atoms with Gasteiger partial charge in [-0.1, -0.05) is 30.4 Å². The van der Waals surface area contributed by atoms with Gasteiger partial charge in [-0.2, -0.15) is 0 Å². The van der Waals surface area contributed by atoms with Crippen molar-refractivity contribution < 1.29 is 18.1 Å². The fourth-order valence-corrected chi connectivity index (χ4v) is 2.20. The molecule has 0 atom stereocenters. The van der Waals surface area contributed by atoms with Crippen molar-refractivity contribution in [1.82, 2.24) is 0 Å². The van der Waals surface area contributed by atoms with Gasteiger partial charge >= 0.3 is 7.82 Å². The van der Waals surface area contributed by atoms with E-state index < -0.39 is 7.82 Å². The molecular weight excluding hydrogens is 215 g/mol. The van der Waals surface area contributed by atoms with Crippen LogP contribution in [-0.2, 0) is 13.6 Å². The zero-order valence-electron chi connectivity index (χ0n) is 8.04. The van der Waals surface area contributed by atoms with E-state index in [1.807, 2.05) is 6.07 Å². The van der Waals surface area contributed by atoms with E-state index in [1.165, 1.54) is 0 Å². The van der Waals surface area contributed by atoms with Crippen molar-refractivity contribution in [1.29, 1.82) is 0 Å². The van der Waals surface area contributed by atoms with Crippen LogP contribution in [0.25, 0.3) is 0 Å². The minimum Gasteiger partial charge on any atom is -0.404 e. The van der Waals surface area contributed by atoms with Crippen molar-refractivity contribution in [3.05, 3.63) is 42.5 Å². The van der Waals surface area contributed by atoms with Gasteiger partial charge in [0.15, 0.2) is 0 Å². The van der Waals surface area contributed by atoms with E-state index in [-0.39, 0.29) is 13.2 Å². The number of hydrogen-bond acceptors (Lipinski definition) is 4. The van der Waals surface area contributed by atoms with Gasteiger partial charge in [0.05, 0.1) is 13.2 Å². The molecule has 0 radical (unpaired) electrons. The molecule has 0 bridgehead atoms. The molecular formula is C10H11O4P. The lowest BCUT2D eigenvalue weighted by Crippen LogP contribution is -2.00. The van der Waals surface area contributed by atoms with Gasteiger partial charge in [0.1, 0.15) is 5.75 Å². The molecule has 2 rings (SSSR count). The van der Waals surface area contributed by atoms with Crippen LogP contribution in [0, 0.1) is 0 Å². The van der Waals surface area contributed by atoms with Gasteiger partial charge in [0.2, 0.25) is 0 Å². The summed E-state index contributed by atoms with van der Waals surface area (Å²) in [5.74, 6) is 0.475. The minimum absolute atomic E-state index is 0.240. The number of phosphoric ester groups is 1. The molecule has 0 N–H and O–H groups in total. The first-order chi connectivity index (χ1) is 7.29. The molecule has 0 amide bonds. The van der Waals surface area contributed by atoms with Crippen molar-refractivity contribution >= 4 is 7.82 Å². The highest BCUT2D eigenvalue weighted by molar-refractivity contribution is 7.48. The van der Waals surface area contributed by atoms with Crippen LogP contribution in [0.5, 0.6) is 5.75 Å². The molecule has 80 valence electrons. The van der Waals surface area contributed by atoms with Gasteiger partial charge < -0.3 is 4.52 Å². The summed E-state index contributed by atoms with van der Waals surface area (Å²) in [5.41, 5.74) is 0. The average molecular weight is 226 g/mol. The quantitative estimate of drug-likeness (QED) is 0.574. The molecule has 0 unspecified atom stereocenters. The van der Waals surface area contributed by atoms with Gasteiger partial charge in [-0.3, -0.25) is 9.05 Å². The fourth-order valence-electron chi connectivity index (χ4n) is 1.11. The summed E-state index contributed by atoms with van der Waals surface area (Å²) in [6, 6.07) is 8.82. The Morgan fingerprint density at radius 3 is 2.27 bits per heavy atom. The number of para-hydroxylation sites is 1. The predicted octanol–water partition coefficient (Wildman–Crippen LogP) is 2.78. The van der Waals surface area contributed by atoms with Crippen LogP contribution in [-0.4, -0.2) is 13.2 Å². The smallest absolute Gasteiger partial charge is 0.404 e. The molecule has 1 aliphatic heterocycles. The van der Waals surface area contributed by atoms with E-state index in [1.54, 1.807) is 36.4 Å². The van der Waals surface area contributed by atoms with Gasteiger partial charge in [0, 0.05) is 0 Å². The molecule has 0 spiro atoms. The van der Waals surface area contributed by atoms with Crippen molar-refractivity contribution in [2.75, 3.05) is 13.2 Å². The maximum absolute atomic E-state index is 11.9. The minimum atomic E-state index is -3.44. The highest BCUT2D eigenvalue weighted by Gasteiger charge is 2.28. The highest BCUT2D eigenvalue weighted by Crippen LogP contribution is 2.49. The molecule has 0 saturated carbocycles. The second-order valence-electron chi connectivity index (χ2n) is 2.91. The molecule has 15 heavy (non-hydrogen) atoms. The van der Waals surface area contributed by atoms with Crippen molar-refractivity contribution in [2.24, 2.45) is 0 Å². The Hall–Kier alpha value is -1.09. The van der Waals surface area contributed by atoms with Crippen molar-refractivity contribution in [3.63, 3.8) is 0 Å². The maximum atomic E-state index is 11.9. The number of benzene rings is 1. The normalized spacial score (nSPS) is 19.5. The van der Waals surface area contributed by atoms with Crippen LogP contribution in [0.2, 0.25) is 0 Å². The largest absolute Gasteiger partial charge is 0.530 e. The molecule has 4 nitrogen and oxygen atoms in total. The summed E-state index contributed by atoms with van der Waals surface area (Å²) in [6.45, 7) is 0.480. The van der Waals surface area contributed by atoms with Crippen molar-refractivity contribution in [3.8, 4) is 5.75 Å². The van der Waals surface area contributed by atoms with Crippen molar-refractivity contribution in [2.45, 2.75) is 0 Å². The summed E-state index contributed by atoms with van der Waals surface area (Å²) in [6.07, 6.45) is 3.49. The highest BCUT2D eigenvalue weighted by atomic mass is 31.2. The number of phosphoric acid groups is 1. The predicted molar refractivity (Wildman–Crippen MR) is 55.7 cm³/mol. The molecule has 1 aliphatic rings. The van der Waals surface area contributed by atoms with E-state index in [2.05, 4.69) is 0 Å². The molecule has 1 aromatic carbocycles. The first-order valence-electron chi connectivity index (χ1n) is 4.57.